The lowest BCUT2D eigenvalue weighted by molar-refractivity contribution is 0.0566. The predicted molar refractivity (Wildman–Crippen MR) is 118 cm³/mol. The summed E-state index contributed by atoms with van der Waals surface area (Å²) in [6, 6.07) is 11.3. The molecule has 0 saturated carbocycles. The minimum atomic E-state index is -4.02. The summed E-state index contributed by atoms with van der Waals surface area (Å²) in [5.41, 5.74) is 3.48. The van der Waals surface area contributed by atoms with Crippen LogP contribution in [0.4, 0.5) is 4.79 Å². The number of aromatic nitrogens is 3. The second kappa shape index (κ2) is 8.06. The van der Waals surface area contributed by atoms with Crippen molar-refractivity contribution in [2.24, 2.45) is 0 Å². The molecule has 0 unspecified atom stereocenters. The predicted octanol–water partition coefficient (Wildman–Crippen LogP) is 2.56. The van der Waals surface area contributed by atoms with Gasteiger partial charge in [-0.05, 0) is 62.6 Å². The summed E-state index contributed by atoms with van der Waals surface area (Å²) in [6.07, 6.45) is -0.493. The van der Waals surface area contributed by atoms with Gasteiger partial charge < -0.3 is 9.47 Å². The fourth-order valence-corrected chi connectivity index (χ4v) is 4.56. The van der Waals surface area contributed by atoms with E-state index in [-0.39, 0.29) is 13.1 Å². The van der Waals surface area contributed by atoms with Crippen molar-refractivity contribution >= 4 is 27.3 Å². The summed E-state index contributed by atoms with van der Waals surface area (Å²) < 4.78 is 40.5. The summed E-state index contributed by atoms with van der Waals surface area (Å²) in [4.78, 5) is 11.9. The topological polar surface area (TPSA) is 116 Å². The number of hydrogen-bond donors (Lipinski definition) is 1. The molecule has 0 radical (unpaired) electrons. The highest BCUT2D eigenvalue weighted by Gasteiger charge is 2.30. The number of nitrogens with one attached hydrogen (secondary N) is 1. The van der Waals surface area contributed by atoms with Crippen LogP contribution in [0.2, 0.25) is 0 Å². The molecule has 2 aromatic carbocycles. The Morgan fingerprint density at radius 3 is 2.62 bits per heavy atom. The Kier molecular flexibility index (Phi) is 5.55. The van der Waals surface area contributed by atoms with E-state index in [2.05, 4.69) is 10.3 Å². The Bertz CT molecular complexity index is 1280. The van der Waals surface area contributed by atoms with Crippen molar-refractivity contribution in [3.05, 3.63) is 47.5 Å². The highest BCUT2D eigenvalue weighted by molar-refractivity contribution is 7.87. The van der Waals surface area contributed by atoms with Crippen LogP contribution in [0.3, 0.4) is 0 Å². The van der Waals surface area contributed by atoms with E-state index in [1.807, 2.05) is 41.1 Å². The second-order valence-corrected chi connectivity index (χ2v) is 10.2. The Morgan fingerprint density at radius 2 is 1.91 bits per heavy atom. The van der Waals surface area contributed by atoms with Gasteiger partial charge >= 0.3 is 16.3 Å². The zero-order valence-electron chi connectivity index (χ0n) is 18.3. The minimum absolute atomic E-state index is 0.156. The molecule has 0 fully saturated rings. The van der Waals surface area contributed by atoms with Crippen molar-refractivity contribution in [2.75, 3.05) is 13.7 Å². The normalized spacial score (nSPS) is 14.8. The first-order valence-corrected chi connectivity index (χ1v) is 11.5. The van der Waals surface area contributed by atoms with Crippen LogP contribution in [0.15, 0.2) is 36.4 Å². The minimum Gasteiger partial charge on any atom is -0.497 e. The van der Waals surface area contributed by atoms with E-state index in [9.17, 15) is 13.2 Å². The molecule has 32 heavy (non-hydrogen) atoms. The van der Waals surface area contributed by atoms with Gasteiger partial charge in [0.1, 0.15) is 16.9 Å². The van der Waals surface area contributed by atoms with Crippen molar-refractivity contribution < 1.29 is 22.7 Å². The SMILES string of the molecule is COc1ccc2c(c1)nnn2-c1ccc2c(c1)CCN(S(=O)(=O)NC(=O)OC(C)(C)C)C2. The van der Waals surface area contributed by atoms with Crippen molar-refractivity contribution in [3.8, 4) is 11.4 Å². The smallest absolute Gasteiger partial charge is 0.422 e. The number of nitrogens with zero attached hydrogens (tertiary/aromatic N) is 4. The van der Waals surface area contributed by atoms with Crippen LogP contribution in [-0.2, 0) is 27.9 Å². The number of fused-ring (bicyclic) bond motifs is 2. The maximum Gasteiger partial charge on any atom is 0.422 e. The molecule has 3 aromatic rings. The Balaban J connectivity index is 1.53. The van der Waals surface area contributed by atoms with Gasteiger partial charge in [-0.15, -0.1) is 5.10 Å². The lowest BCUT2D eigenvalue weighted by Gasteiger charge is -2.29. The molecule has 1 aliphatic rings. The quantitative estimate of drug-likeness (QED) is 0.637. The first-order chi connectivity index (χ1) is 15.1. The molecule has 11 heteroatoms. The van der Waals surface area contributed by atoms with Gasteiger partial charge in [0.15, 0.2) is 0 Å². The van der Waals surface area contributed by atoms with Gasteiger partial charge in [0, 0.05) is 19.2 Å². The molecular weight excluding hydrogens is 434 g/mol. The van der Waals surface area contributed by atoms with Crippen LogP contribution in [0.5, 0.6) is 5.75 Å². The Labute approximate surface area is 186 Å². The zero-order chi connectivity index (χ0) is 23.1. The second-order valence-electron chi connectivity index (χ2n) is 8.50. The molecule has 0 aliphatic carbocycles. The van der Waals surface area contributed by atoms with Crippen LogP contribution < -0.4 is 9.46 Å². The third kappa shape index (κ3) is 4.53. The molecule has 0 saturated heterocycles. The summed E-state index contributed by atoms with van der Waals surface area (Å²) in [7, 11) is -2.42. The zero-order valence-corrected chi connectivity index (χ0v) is 19.1. The average Bonchev–Trinajstić information content (AvgIpc) is 3.14. The van der Waals surface area contributed by atoms with E-state index < -0.39 is 21.9 Å². The maximum atomic E-state index is 12.6. The first kappa shape index (κ1) is 22.0. The number of carbonyl (C=O) groups excluding carboxylic acids is 1. The molecule has 2 heterocycles. The van der Waals surface area contributed by atoms with Gasteiger partial charge in [-0.2, -0.15) is 12.7 Å². The van der Waals surface area contributed by atoms with Gasteiger partial charge in [-0.25, -0.2) is 14.2 Å². The lowest BCUT2D eigenvalue weighted by Crippen LogP contribution is -2.46. The first-order valence-electron chi connectivity index (χ1n) is 10.1. The number of ether oxygens (including phenoxy) is 2. The van der Waals surface area contributed by atoms with Gasteiger partial charge in [0.2, 0.25) is 0 Å². The fraction of sp³-hybridized carbons (Fsp3) is 0.381. The van der Waals surface area contributed by atoms with E-state index in [0.717, 1.165) is 22.3 Å². The highest BCUT2D eigenvalue weighted by atomic mass is 32.2. The van der Waals surface area contributed by atoms with Crippen LogP contribution in [-0.4, -0.2) is 53.1 Å². The summed E-state index contributed by atoms with van der Waals surface area (Å²) in [6.45, 7) is 5.40. The average molecular weight is 460 g/mol. The molecule has 170 valence electrons. The van der Waals surface area contributed by atoms with Crippen molar-refractivity contribution in [3.63, 3.8) is 0 Å². The summed E-state index contributed by atoms with van der Waals surface area (Å²) >= 11 is 0. The summed E-state index contributed by atoms with van der Waals surface area (Å²) in [5, 5.41) is 8.46. The number of rotatable bonds is 4. The standard InChI is InChI=1S/C21H25N5O5S/c1-21(2,3)31-20(27)23-32(28,29)25-10-9-14-11-16(6-5-15(14)13-25)26-19-8-7-17(30-4)12-18(19)22-24-26/h5-8,11-12H,9-10,13H2,1-4H3,(H,23,27). The lowest BCUT2D eigenvalue weighted by atomic mass is 10.0. The third-order valence-electron chi connectivity index (χ3n) is 5.02. The Hall–Kier alpha value is -3.18. The number of carbonyl (C=O) groups is 1. The molecule has 10 nitrogen and oxygen atoms in total. The fourth-order valence-electron chi connectivity index (χ4n) is 3.54. The van der Waals surface area contributed by atoms with Gasteiger partial charge in [0.05, 0.1) is 18.3 Å². The van der Waals surface area contributed by atoms with Gasteiger partial charge in [-0.1, -0.05) is 11.3 Å². The molecule has 1 aliphatic heterocycles. The highest BCUT2D eigenvalue weighted by Crippen LogP contribution is 2.26. The number of amides is 1. The van der Waals surface area contributed by atoms with Crippen LogP contribution in [0.1, 0.15) is 31.9 Å². The van der Waals surface area contributed by atoms with Crippen LogP contribution in [0.25, 0.3) is 16.7 Å². The molecule has 1 aromatic heterocycles. The molecule has 1 amide bonds. The molecule has 1 N–H and O–H groups in total. The number of methoxy groups -OCH3 is 1. The van der Waals surface area contributed by atoms with Crippen LogP contribution in [0, 0.1) is 0 Å². The number of benzene rings is 2. The van der Waals surface area contributed by atoms with Crippen LogP contribution >= 0.6 is 0 Å². The van der Waals surface area contributed by atoms with E-state index in [1.54, 1.807) is 32.6 Å². The van der Waals surface area contributed by atoms with Crippen molar-refractivity contribution in [2.45, 2.75) is 39.3 Å². The maximum absolute atomic E-state index is 12.6. The van der Waals surface area contributed by atoms with Gasteiger partial charge in [-0.3, -0.25) is 0 Å². The molecular formula is C21H25N5O5S. The Morgan fingerprint density at radius 1 is 1.12 bits per heavy atom. The molecule has 4 rings (SSSR count). The van der Waals surface area contributed by atoms with Crippen molar-refractivity contribution in [1.82, 2.24) is 24.0 Å². The molecule has 0 bridgehead atoms. The monoisotopic (exact) mass is 459 g/mol. The molecule has 0 atom stereocenters. The van der Waals surface area contributed by atoms with E-state index in [4.69, 9.17) is 9.47 Å². The van der Waals surface area contributed by atoms with Crippen molar-refractivity contribution in [1.29, 1.82) is 0 Å². The third-order valence-corrected chi connectivity index (χ3v) is 6.43. The summed E-state index contributed by atoms with van der Waals surface area (Å²) in [5.74, 6) is 0.705. The molecule has 0 spiro atoms. The van der Waals surface area contributed by atoms with E-state index in [1.165, 1.54) is 4.31 Å². The van der Waals surface area contributed by atoms with E-state index in [0.29, 0.717) is 17.7 Å². The van der Waals surface area contributed by atoms with E-state index >= 15 is 0 Å². The largest absolute Gasteiger partial charge is 0.497 e. The number of hydrogen-bond acceptors (Lipinski definition) is 7. The van der Waals surface area contributed by atoms with Gasteiger partial charge in [0.25, 0.3) is 0 Å².